The van der Waals surface area contributed by atoms with Gasteiger partial charge < -0.3 is 5.73 Å². The van der Waals surface area contributed by atoms with Crippen LogP contribution in [0.1, 0.15) is 38.8 Å². The third kappa shape index (κ3) is 4.14. The van der Waals surface area contributed by atoms with Gasteiger partial charge in [-0.05, 0) is 18.1 Å². The van der Waals surface area contributed by atoms with Crippen LogP contribution in [-0.4, -0.2) is 11.4 Å². The van der Waals surface area contributed by atoms with Gasteiger partial charge >= 0.3 is 0 Å². The second-order valence-corrected chi connectivity index (χ2v) is 6.71. The molecule has 1 rings (SSSR count). The van der Waals surface area contributed by atoms with Gasteiger partial charge in [0.05, 0.1) is 6.67 Å². The smallest absolute Gasteiger partial charge is 0.0912 e. The Balaban J connectivity index is 2.91. The molecule has 0 heterocycles. The number of hydrogen-bond acceptors (Lipinski definition) is 2. The summed E-state index contributed by atoms with van der Waals surface area (Å²) in [4.78, 5) is 1.16. The molecular formula is C13H20FNS. The molecule has 16 heavy (non-hydrogen) atoms. The highest BCUT2D eigenvalue weighted by molar-refractivity contribution is 8.00. The van der Waals surface area contributed by atoms with E-state index >= 15 is 0 Å². The molecule has 0 aliphatic rings. The molecule has 0 aliphatic heterocycles. The van der Waals surface area contributed by atoms with Crippen molar-refractivity contribution in [3.8, 4) is 0 Å². The molecule has 0 unspecified atom stereocenters. The zero-order chi connectivity index (χ0) is 12.2. The first-order valence-electron chi connectivity index (χ1n) is 5.53. The number of nitrogens with two attached hydrogens (primary N) is 1. The van der Waals surface area contributed by atoms with Crippen LogP contribution in [0.5, 0.6) is 0 Å². The van der Waals surface area contributed by atoms with Crippen molar-refractivity contribution in [2.45, 2.75) is 42.9 Å². The maximum atomic E-state index is 12.3. The molecule has 0 amide bonds. The average molecular weight is 241 g/mol. The lowest BCUT2D eigenvalue weighted by Crippen LogP contribution is -2.14. The van der Waals surface area contributed by atoms with Crippen molar-refractivity contribution in [3.05, 3.63) is 29.8 Å². The number of alkyl halides is 1. The van der Waals surface area contributed by atoms with Crippen molar-refractivity contribution in [1.82, 2.24) is 0 Å². The van der Waals surface area contributed by atoms with Gasteiger partial charge in [-0.3, -0.25) is 4.39 Å². The number of thioether (sulfide) groups is 1. The lowest BCUT2D eigenvalue weighted by atomic mass is 10.1. The molecule has 0 radical (unpaired) electrons. The second-order valence-electron chi connectivity index (χ2n) is 4.84. The van der Waals surface area contributed by atoms with E-state index in [-0.39, 0.29) is 17.5 Å². The van der Waals surface area contributed by atoms with Crippen molar-refractivity contribution < 1.29 is 4.39 Å². The molecule has 1 aromatic rings. The standard InChI is InChI=1S/C13H20FNS/c1-13(2,3)16-12-7-5-4-6-10(12)11(15)8-9-14/h4-7,11H,8-9,15H2,1-3H3/t11-/m1/s1. The molecule has 0 fully saturated rings. The van der Waals surface area contributed by atoms with E-state index in [0.717, 1.165) is 10.5 Å². The van der Waals surface area contributed by atoms with Crippen molar-refractivity contribution in [2.24, 2.45) is 5.73 Å². The van der Waals surface area contributed by atoms with Gasteiger partial charge in [-0.1, -0.05) is 39.0 Å². The van der Waals surface area contributed by atoms with Crippen LogP contribution in [-0.2, 0) is 0 Å². The van der Waals surface area contributed by atoms with Gasteiger partial charge in [-0.25, -0.2) is 0 Å². The lowest BCUT2D eigenvalue weighted by Gasteiger charge is -2.22. The topological polar surface area (TPSA) is 26.0 Å². The van der Waals surface area contributed by atoms with Crippen LogP contribution in [0.4, 0.5) is 4.39 Å². The van der Waals surface area contributed by atoms with Crippen LogP contribution in [0.3, 0.4) is 0 Å². The van der Waals surface area contributed by atoms with Crippen molar-refractivity contribution in [3.63, 3.8) is 0 Å². The van der Waals surface area contributed by atoms with Gasteiger partial charge in [0.1, 0.15) is 0 Å². The van der Waals surface area contributed by atoms with Crippen LogP contribution in [0.25, 0.3) is 0 Å². The van der Waals surface area contributed by atoms with E-state index in [1.807, 2.05) is 18.2 Å². The van der Waals surface area contributed by atoms with Gasteiger partial charge in [0, 0.05) is 15.7 Å². The third-order valence-electron chi connectivity index (χ3n) is 2.15. The summed E-state index contributed by atoms with van der Waals surface area (Å²) in [6.45, 7) is 6.12. The summed E-state index contributed by atoms with van der Waals surface area (Å²) in [5, 5.41) is 0. The van der Waals surface area contributed by atoms with E-state index in [1.54, 1.807) is 11.8 Å². The maximum Gasteiger partial charge on any atom is 0.0912 e. The normalized spacial score (nSPS) is 13.8. The highest BCUT2D eigenvalue weighted by Gasteiger charge is 2.17. The van der Waals surface area contributed by atoms with Crippen LogP contribution in [0.2, 0.25) is 0 Å². The Labute approximate surface area is 102 Å². The predicted octanol–water partition coefficient (Wildman–Crippen LogP) is 3.94. The Bertz CT molecular complexity index is 333. The minimum Gasteiger partial charge on any atom is -0.324 e. The molecule has 2 N–H and O–H groups in total. The van der Waals surface area contributed by atoms with E-state index in [2.05, 4.69) is 26.8 Å². The summed E-state index contributed by atoms with van der Waals surface area (Å²) < 4.78 is 12.5. The minimum absolute atomic E-state index is 0.144. The van der Waals surface area contributed by atoms with Crippen LogP contribution >= 0.6 is 11.8 Å². The Kier molecular flexibility index (Phi) is 4.81. The summed E-state index contributed by atoms with van der Waals surface area (Å²) in [6, 6.07) is 7.81. The Morgan fingerprint density at radius 1 is 1.31 bits per heavy atom. The van der Waals surface area contributed by atoms with Crippen LogP contribution in [0, 0.1) is 0 Å². The monoisotopic (exact) mass is 241 g/mol. The first-order chi connectivity index (χ1) is 7.44. The average Bonchev–Trinajstić information content (AvgIpc) is 2.16. The number of hydrogen-bond donors (Lipinski definition) is 1. The van der Waals surface area contributed by atoms with Crippen LogP contribution < -0.4 is 5.73 Å². The summed E-state index contributed by atoms with van der Waals surface area (Å²) in [7, 11) is 0. The first-order valence-corrected chi connectivity index (χ1v) is 6.35. The molecule has 0 spiro atoms. The second kappa shape index (κ2) is 5.69. The molecule has 0 bridgehead atoms. The molecule has 90 valence electrons. The van der Waals surface area contributed by atoms with Gasteiger partial charge in [0.25, 0.3) is 0 Å². The molecule has 0 aliphatic carbocycles. The van der Waals surface area contributed by atoms with Gasteiger partial charge in [0.2, 0.25) is 0 Å². The van der Waals surface area contributed by atoms with Gasteiger partial charge in [-0.15, -0.1) is 11.8 Å². The fourth-order valence-corrected chi connectivity index (χ4v) is 2.63. The molecule has 3 heteroatoms. The van der Waals surface area contributed by atoms with E-state index in [4.69, 9.17) is 5.73 Å². The summed E-state index contributed by atoms with van der Waals surface area (Å²) in [5.41, 5.74) is 7.03. The van der Waals surface area contributed by atoms with E-state index < -0.39 is 0 Å². The fourth-order valence-electron chi connectivity index (χ4n) is 1.48. The fraction of sp³-hybridized carbons (Fsp3) is 0.538. The van der Waals surface area contributed by atoms with Crippen molar-refractivity contribution in [2.75, 3.05) is 6.67 Å². The largest absolute Gasteiger partial charge is 0.324 e. The van der Waals surface area contributed by atoms with Crippen molar-refractivity contribution >= 4 is 11.8 Å². The Morgan fingerprint density at radius 3 is 2.50 bits per heavy atom. The zero-order valence-corrected chi connectivity index (χ0v) is 11.0. The maximum absolute atomic E-state index is 12.3. The highest BCUT2D eigenvalue weighted by atomic mass is 32.2. The van der Waals surface area contributed by atoms with Crippen molar-refractivity contribution in [1.29, 1.82) is 0 Å². The Morgan fingerprint density at radius 2 is 1.94 bits per heavy atom. The van der Waals surface area contributed by atoms with Gasteiger partial charge in [-0.2, -0.15) is 0 Å². The molecule has 0 saturated heterocycles. The quantitative estimate of drug-likeness (QED) is 0.808. The van der Waals surface area contributed by atoms with Gasteiger partial charge in [0.15, 0.2) is 0 Å². The molecule has 1 atom stereocenters. The summed E-state index contributed by atoms with van der Waals surface area (Å²) in [6.07, 6.45) is 0.391. The Hall–Kier alpha value is -0.540. The summed E-state index contributed by atoms with van der Waals surface area (Å²) in [5.74, 6) is 0. The van der Waals surface area contributed by atoms with E-state index in [1.165, 1.54) is 0 Å². The number of benzene rings is 1. The van der Waals surface area contributed by atoms with E-state index in [9.17, 15) is 4.39 Å². The third-order valence-corrected chi connectivity index (χ3v) is 3.36. The van der Waals surface area contributed by atoms with Crippen LogP contribution in [0.15, 0.2) is 29.2 Å². The molecule has 1 aromatic carbocycles. The lowest BCUT2D eigenvalue weighted by molar-refractivity contribution is 0.440. The number of rotatable bonds is 4. The van der Waals surface area contributed by atoms with E-state index in [0.29, 0.717) is 6.42 Å². The zero-order valence-electron chi connectivity index (χ0n) is 10.2. The first kappa shape index (κ1) is 13.5. The number of halogens is 1. The SMILES string of the molecule is CC(C)(C)Sc1ccccc1[C@H](N)CCF. The predicted molar refractivity (Wildman–Crippen MR) is 69.6 cm³/mol. The molecule has 0 saturated carbocycles. The highest BCUT2D eigenvalue weighted by Crippen LogP contribution is 2.36. The minimum atomic E-state index is -0.365. The molecular weight excluding hydrogens is 221 g/mol. The molecule has 0 aromatic heterocycles. The summed E-state index contributed by atoms with van der Waals surface area (Å²) >= 11 is 1.78. The molecule has 1 nitrogen and oxygen atoms in total.